The lowest BCUT2D eigenvalue weighted by atomic mass is 10.2. The van der Waals surface area contributed by atoms with Gasteiger partial charge >= 0.3 is 5.69 Å². The Balaban J connectivity index is 1.56. The third kappa shape index (κ3) is 5.00. The monoisotopic (exact) mass is 413 g/mol. The molecule has 3 rings (SSSR count). The minimum absolute atomic E-state index is 0.319. The molecule has 0 aliphatic carbocycles. The maximum Gasteiger partial charge on any atom is 0.363 e. The summed E-state index contributed by atoms with van der Waals surface area (Å²) in [6.45, 7) is 2.22. The largest absolute Gasteiger partial charge is 0.489 e. The highest BCUT2D eigenvalue weighted by molar-refractivity contribution is 9.10. The van der Waals surface area contributed by atoms with E-state index in [1.165, 1.54) is 0 Å². The standard InChI is InChI=1S/C18H16BrN5O2/c1-12-17(21-18(25)24-22-12)23-20-10-13-4-8-16(9-5-13)26-11-14-2-6-15(19)7-3-14/h2-10H,11H2,1H3,(H2,21,23,24,25)/b20-10-. The summed E-state index contributed by atoms with van der Waals surface area (Å²) < 4.78 is 6.80. The first kappa shape index (κ1) is 17.8. The second-order valence-electron chi connectivity index (χ2n) is 5.43. The molecule has 1 aromatic heterocycles. The van der Waals surface area contributed by atoms with Gasteiger partial charge in [0.2, 0.25) is 0 Å². The molecule has 26 heavy (non-hydrogen) atoms. The van der Waals surface area contributed by atoms with Gasteiger partial charge in [-0.2, -0.15) is 15.2 Å². The van der Waals surface area contributed by atoms with Crippen LogP contribution in [0.4, 0.5) is 5.82 Å². The highest BCUT2D eigenvalue weighted by atomic mass is 79.9. The highest BCUT2D eigenvalue weighted by Crippen LogP contribution is 2.15. The molecule has 0 amide bonds. The third-order valence-corrected chi connectivity index (χ3v) is 3.99. The number of aryl methyl sites for hydroxylation is 1. The van der Waals surface area contributed by atoms with E-state index in [1.54, 1.807) is 13.1 Å². The fourth-order valence-electron chi connectivity index (χ4n) is 2.06. The van der Waals surface area contributed by atoms with E-state index >= 15 is 0 Å². The molecular formula is C18H16BrN5O2. The Kier molecular flexibility index (Phi) is 5.75. The van der Waals surface area contributed by atoms with Crippen LogP contribution in [0, 0.1) is 6.92 Å². The SMILES string of the molecule is Cc1n[nH]c(=O)nc1N/N=C\c1ccc(OCc2ccc(Br)cc2)cc1. The third-order valence-electron chi connectivity index (χ3n) is 3.46. The van der Waals surface area contributed by atoms with Gasteiger partial charge in [-0.1, -0.05) is 28.1 Å². The number of benzene rings is 2. The lowest BCUT2D eigenvalue weighted by Gasteiger charge is -2.06. The number of aromatic amines is 1. The summed E-state index contributed by atoms with van der Waals surface area (Å²) in [4.78, 5) is 14.9. The molecule has 2 aromatic carbocycles. The Morgan fingerprint density at radius 2 is 1.92 bits per heavy atom. The van der Waals surface area contributed by atoms with Crippen LogP contribution in [0.25, 0.3) is 0 Å². The number of halogens is 1. The molecule has 8 heteroatoms. The zero-order valence-electron chi connectivity index (χ0n) is 13.9. The van der Waals surface area contributed by atoms with Crippen molar-refractivity contribution in [3.8, 4) is 5.75 Å². The van der Waals surface area contributed by atoms with Crippen LogP contribution in [0.3, 0.4) is 0 Å². The van der Waals surface area contributed by atoms with Crippen molar-refractivity contribution < 1.29 is 4.74 Å². The number of H-pyrrole nitrogens is 1. The fourth-order valence-corrected chi connectivity index (χ4v) is 2.33. The number of hydrogen-bond donors (Lipinski definition) is 2. The molecule has 0 unspecified atom stereocenters. The number of aromatic nitrogens is 3. The van der Waals surface area contributed by atoms with E-state index in [2.05, 4.69) is 41.6 Å². The van der Waals surface area contributed by atoms with Crippen molar-refractivity contribution in [2.24, 2.45) is 5.10 Å². The van der Waals surface area contributed by atoms with Crippen molar-refractivity contribution in [1.82, 2.24) is 15.2 Å². The Morgan fingerprint density at radius 1 is 1.19 bits per heavy atom. The maximum atomic E-state index is 11.2. The summed E-state index contributed by atoms with van der Waals surface area (Å²) in [5.41, 5.74) is 4.71. The van der Waals surface area contributed by atoms with Crippen molar-refractivity contribution in [2.75, 3.05) is 5.43 Å². The first-order chi connectivity index (χ1) is 12.6. The fraction of sp³-hybridized carbons (Fsp3) is 0.111. The summed E-state index contributed by atoms with van der Waals surface area (Å²) in [6, 6.07) is 15.5. The zero-order valence-corrected chi connectivity index (χ0v) is 15.5. The van der Waals surface area contributed by atoms with Gasteiger partial charge < -0.3 is 4.74 Å². The Bertz CT molecular complexity index is 953. The van der Waals surface area contributed by atoms with Gasteiger partial charge in [0.1, 0.15) is 18.1 Å². The number of rotatable bonds is 6. The molecule has 0 spiro atoms. The summed E-state index contributed by atoms with van der Waals surface area (Å²) in [5.74, 6) is 1.09. The average Bonchev–Trinajstić information content (AvgIpc) is 2.65. The van der Waals surface area contributed by atoms with Gasteiger partial charge in [0.05, 0.1) is 6.21 Å². The Hall–Kier alpha value is -3.00. The molecule has 7 nitrogen and oxygen atoms in total. The smallest absolute Gasteiger partial charge is 0.363 e. The lowest BCUT2D eigenvalue weighted by Crippen LogP contribution is -2.15. The van der Waals surface area contributed by atoms with Crippen molar-refractivity contribution in [1.29, 1.82) is 0 Å². The van der Waals surface area contributed by atoms with Crippen molar-refractivity contribution in [3.63, 3.8) is 0 Å². The van der Waals surface area contributed by atoms with Crippen LogP contribution in [-0.4, -0.2) is 21.4 Å². The number of hydrogen-bond acceptors (Lipinski definition) is 6. The molecule has 2 N–H and O–H groups in total. The van der Waals surface area contributed by atoms with E-state index in [4.69, 9.17) is 4.74 Å². The highest BCUT2D eigenvalue weighted by Gasteiger charge is 2.00. The van der Waals surface area contributed by atoms with Crippen LogP contribution in [0.5, 0.6) is 5.75 Å². The van der Waals surface area contributed by atoms with Gasteiger partial charge in [-0.25, -0.2) is 9.89 Å². The Labute approximate surface area is 158 Å². The van der Waals surface area contributed by atoms with Crippen LogP contribution < -0.4 is 15.9 Å². The first-order valence-electron chi connectivity index (χ1n) is 7.80. The molecule has 1 heterocycles. The molecule has 0 fully saturated rings. The van der Waals surface area contributed by atoms with E-state index in [0.717, 1.165) is 21.3 Å². The second kappa shape index (κ2) is 8.39. The predicted octanol–water partition coefficient (Wildman–Crippen LogP) is 3.26. The maximum absolute atomic E-state index is 11.2. The van der Waals surface area contributed by atoms with E-state index < -0.39 is 5.69 Å². The number of nitrogens with one attached hydrogen (secondary N) is 2. The van der Waals surface area contributed by atoms with Crippen LogP contribution in [0.15, 0.2) is 62.9 Å². The van der Waals surface area contributed by atoms with E-state index in [-0.39, 0.29) is 0 Å². The van der Waals surface area contributed by atoms with Crippen LogP contribution >= 0.6 is 15.9 Å². The summed E-state index contributed by atoms with van der Waals surface area (Å²) in [5, 5.41) is 10.1. The van der Waals surface area contributed by atoms with Gasteiger partial charge in [0, 0.05) is 4.47 Å². The molecule has 0 atom stereocenters. The molecule has 0 aliphatic rings. The number of ether oxygens (including phenoxy) is 1. The van der Waals surface area contributed by atoms with Crippen molar-refractivity contribution in [3.05, 3.63) is 80.3 Å². The number of anilines is 1. The average molecular weight is 414 g/mol. The summed E-state index contributed by atoms with van der Waals surface area (Å²) in [6.07, 6.45) is 1.63. The minimum Gasteiger partial charge on any atom is -0.489 e. The van der Waals surface area contributed by atoms with E-state index in [1.807, 2.05) is 48.5 Å². The van der Waals surface area contributed by atoms with Gasteiger partial charge in [-0.3, -0.25) is 5.43 Å². The molecular weight excluding hydrogens is 398 g/mol. The molecule has 0 bridgehead atoms. The number of nitrogens with zero attached hydrogens (tertiary/aromatic N) is 3. The second-order valence-corrected chi connectivity index (χ2v) is 6.34. The van der Waals surface area contributed by atoms with Crippen LogP contribution in [-0.2, 0) is 6.61 Å². The van der Waals surface area contributed by atoms with E-state index in [9.17, 15) is 4.79 Å². The molecule has 0 radical (unpaired) electrons. The van der Waals surface area contributed by atoms with Gasteiger partial charge in [0.25, 0.3) is 0 Å². The van der Waals surface area contributed by atoms with Crippen molar-refractivity contribution >= 4 is 28.0 Å². The number of hydrazone groups is 1. The Morgan fingerprint density at radius 3 is 2.65 bits per heavy atom. The van der Waals surface area contributed by atoms with Gasteiger partial charge in [-0.05, 0) is 54.4 Å². The predicted molar refractivity (Wildman–Crippen MR) is 104 cm³/mol. The zero-order chi connectivity index (χ0) is 18.4. The van der Waals surface area contributed by atoms with Crippen LogP contribution in [0.1, 0.15) is 16.8 Å². The normalized spacial score (nSPS) is 10.8. The summed E-state index contributed by atoms with van der Waals surface area (Å²) >= 11 is 3.41. The molecule has 3 aromatic rings. The molecule has 0 saturated carbocycles. The molecule has 0 aliphatic heterocycles. The van der Waals surface area contributed by atoms with Crippen LogP contribution in [0.2, 0.25) is 0 Å². The van der Waals surface area contributed by atoms with Gasteiger partial charge in [0.15, 0.2) is 5.82 Å². The van der Waals surface area contributed by atoms with Crippen molar-refractivity contribution in [2.45, 2.75) is 13.5 Å². The lowest BCUT2D eigenvalue weighted by molar-refractivity contribution is 0.306. The molecule has 0 saturated heterocycles. The topological polar surface area (TPSA) is 92.3 Å². The van der Waals surface area contributed by atoms with E-state index in [0.29, 0.717) is 18.1 Å². The molecule has 132 valence electrons. The minimum atomic E-state index is -0.527. The quantitative estimate of drug-likeness (QED) is 0.477. The van der Waals surface area contributed by atoms with Gasteiger partial charge in [-0.15, -0.1) is 0 Å². The first-order valence-corrected chi connectivity index (χ1v) is 8.59. The summed E-state index contributed by atoms with van der Waals surface area (Å²) in [7, 11) is 0.